The molecule has 3 aromatic carbocycles. The maximum atomic E-state index is 2.43. The summed E-state index contributed by atoms with van der Waals surface area (Å²) in [6, 6.07) is 32.6. The summed E-state index contributed by atoms with van der Waals surface area (Å²) >= 11 is 0. The van der Waals surface area contributed by atoms with E-state index in [1.807, 2.05) is 0 Å². The van der Waals surface area contributed by atoms with Crippen molar-refractivity contribution in [2.75, 3.05) is 0 Å². The molecule has 1 aliphatic rings. The predicted molar refractivity (Wildman–Crippen MR) is 108 cm³/mol. The predicted octanol–water partition coefficient (Wildman–Crippen LogP) is 4.96. The van der Waals surface area contributed by atoms with Gasteiger partial charge in [0.1, 0.15) is 0 Å². The van der Waals surface area contributed by atoms with Gasteiger partial charge in [-0.1, -0.05) is 115 Å². The lowest BCUT2D eigenvalue weighted by molar-refractivity contribution is 1.67. The minimum atomic E-state index is -1.78. The van der Waals surface area contributed by atoms with E-state index in [1.165, 1.54) is 21.5 Å². The highest BCUT2D eigenvalue weighted by atomic mass is 31.2. The van der Waals surface area contributed by atoms with Gasteiger partial charge in [0.05, 0.1) is 0 Å². The van der Waals surface area contributed by atoms with Crippen LogP contribution in [0.2, 0.25) is 0 Å². The third-order valence-electron chi connectivity index (χ3n) is 4.45. The van der Waals surface area contributed by atoms with Gasteiger partial charge in [-0.15, -0.1) is 0 Å². The highest BCUT2D eigenvalue weighted by Gasteiger charge is 2.25. The van der Waals surface area contributed by atoms with Crippen LogP contribution in [0, 0.1) is 0 Å². The molecule has 1 aliphatic heterocycles. The van der Waals surface area contributed by atoms with Gasteiger partial charge in [0.15, 0.2) is 0 Å². The van der Waals surface area contributed by atoms with Crippen molar-refractivity contribution in [3.8, 4) is 0 Å². The molecule has 0 saturated heterocycles. The molecule has 1 heterocycles. The van der Waals surface area contributed by atoms with Crippen molar-refractivity contribution in [2.45, 2.75) is 0 Å². The van der Waals surface area contributed by atoms with E-state index in [0.717, 1.165) is 0 Å². The molecule has 0 radical (unpaired) electrons. The van der Waals surface area contributed by atoms with Crippen LogP contribution >= 0.6 is 6.89 Å². The summed E-state index contributed by atoms with van der Waals surface area (Å²) in [6.45, 7) is -1.78. The van der Waals surface area contributed by atoms with Crippen molar-refractivity contribution in [1.29, 1.82) is 0 Å². The van der Waals surface area contributed by atoms with Gasteiger partial charge in [-0.25, -0.2) is 0 Å². The van der Waals surface area contributed by atoms with E-state index in [0.29, 0.717) is 0 Å². The van der Waals surface area contributed by atoms with Crippen LogP contribution in [-0.4, -0.2) is 5.29 Å². The van der Waals surface area contributed by atoms with Gasteiger partial charge in [-0.2, -0.15) is 0 Å². The van der Waals surface area contributed by atoms with E-state index in [9.17, 15) is 0 Å². The highest BCUT2D eigenvalue weighted by molar-refractivity contribution is 7.92. The minimum Gasteiger partial charge on any atom is -0.0622 e. The molecule has 0 amide bonds. The number of allylic oxidation sites excluding steroid dienone is 3. The molecule has 0 atom stereocenters. The fourth-order valence-corrected chi connectivity index (χ4v) is 7.24. The molecule has 0 nitrogen and oxygen atoms in total. The number of rotatable bonds is 3. The molecule has 0 fully saturated rings. The van der Waals surface area contributed by atoms with Crippen molar-refractivity contribution in [2.24, 2.45) is 0 Å². The number of hydrogen-bond acceptors (Lipinski definition) is 0. The monoisotopic (exact) mass is 326 g/mol. The summed E-state index contributed by atoms with van der Waals surface area (Å²) in [6.07, 6.45) is 6.66. The van der Waals surface area contributed by atoms with Crippen LogP contribution < -0.4 is 10.6 Å². The van der Waals surface area contributed by atoms with Crippen LogP contribution in [0.4, 0.5) is 0 Å². The summed E-state index contributed by atoms with van der Waals surface area (Å²) in [5, 5.41) is 4.22. The maximum absolute atomic E-state index is 2.43. The summed E-state index contributed by atoms with van der Waals surface area (Å²) in [5.74, 6) is 2.43. The van der Waals surface area contributed by atoms with Gasteiger partial charge in [0.2, 0.25) is 0 Å². The SMILES string of the molecule is C1=CC(c2ccccc2)=P(c2ccccc2)(c2ccccc2)C=C1. The quantitative estimate of drug-likeness (QED) is 0.597. The van der Waals surface area contributed by atoms with E-state index in [-0.39, 0.29) is 0 Å². The van der Waals surface area contributed by atoms with Crippen LogP contribution in [0.1, 0.15) is 5.56 Å². The Morgan fingerprint density at radius 3 is 1.54 bits per heavy atom. The molecule has 0 unspecified atom stereocenters. The van der Waals surface area contributed by atoms with Gasteiger partial charge in [0.25, 0.3) is 0 Å². The Morgan fingerprint density at radius 2 is 1.00 bits per heavy atom. The van der Waals surface area contributed by atoms with Crippen LogP contribution in [-0.2, 0) is 0 Å². The van der Waals surface area contributed by atoms with Crippen molar-refractivity contribution in [3.05, 3.63) is 121 Å². The average molecular weight is 326 g/mol. The summed E-state index contributed by atoms with van der Waals surface area (Å²) in [5.41, 5.74) is 1.30. The number of benzene rings is 3. The zero-order valence-electron chi connectivity index (χ0n) is 13.4. The van der Waals surface area contributed by atoms with Crippen LogP contribution in [0.3, 0.4) is 0 Å². The molecule has 116 valence electrons. The zero-order chi connectivity index (χ0) is 16.2. The molecule has 24 heavy (non-hydrogen) atoms. The van der Waals surface area contributed by atoms with E-state index in [4.69, 9.17) is 0 Å². The Bertz CT molecular complexity index is 890. The molecule has 0 spiro atoms. The molecule has 1 heteroatoms. The molecular weight excluding hydrogens is 307 g/mol. The van der Waals surface area contributed by atoms with Crippen LogP contribution in [0.25, 0.3) is 0 Å². The smallest absolute Gasteiger partial charge is 0.00879 e. The summed E-state index contributed by atoms with van der Waals surface area (Å²) < 4.78 is 0. The normalized spacial score (nSPS) is 15.4. The van der Waals surface area contributed by atoms with Gasteiger partial charge < -0.3 is 0 Å². The van der Waals surface area contributed by atoms with E-state index in [2.05, 4.69) is 115 Å². The molecule has 0 aromatic heterocycles. The fourth-order valence-electron chi connectivity index (χ4n) is 3.36. The Labute approximate surface area is 143 Å². The van der Waals surface area contributed by atoms with E-state index >= 15 is 0 Å². The first kappa shape index (κ1) is 15.0. The van der Waals surface area contributed by atoms with Crippen molar-refractivity contribution in [3.63, 3.8) is 0 Å². The first-order valence-electron chi connectivity index (χ1n) is 8.20. The maximum Gasteiger partial charge on any atom is -0.00879 e. The van der Waals surface area contributed by atoms with Gasteiger partial charge in [0, 0.05) is 0 Å². The largest absolute Gasteiger partial charge is 0.0622 e. The summed E-state index contributed by atoms with van der Waals surface area (Å²) in [7, 11) is 0. The van der Waals surface area contributed by atoms with Crippen molar-refractivity contribution in [1.82, 2.24) is 0 Å². The van der Waals surface area contributed by atoms with Crippen LogP contribution in [0.15, 0.2) is 115 Å². The third kappa shape index (κ3) is 2.50. The second kappa shape index (κ2) is 6.51. The van der Waals surface area contributed by atoms with E-state index < -0.39 is 6.89 Å². The molecule has 0 N–H and O–H groups in total. The zero-order valence-corrected chi connectivity index (χ0v) is 14.3. The Morgan fingerprint density at radius 1 is 0.500 bits per heavy atom. The van der Waals surface area contributed by atoms with Crippen molar-refractivity contribution >= 4 is 22.8 Å². The first-order valence-corrected chi connectivity index (χ1v) is 10.1. The number of hydrogen-bond donors (Lipinski definition) is 0. The molecule has 0 aliphatic carbocycles. The second-order valence-corrected chi connectivity index (χ2v) is 9.10. The average Bonchev–Trinajstić information content (AvgIpc) is 2.70. The topological polar surface area (TPSA) is 0 Å². The van der Waals surface area contributed by atoms with Gasteiger partial charge in [-0.3, -0.25) is 0 Å². The Balaban J connectivity index is 2.15. The van der Waals surface area contributed by atoms with E-state index in [1.54, 1.807) is 0 Å². The van der Waals surface area contributed by atoms with Gasteiger partial charge in [-0.05, 0) is 28.4 Å². The summed E-state index contributed by atoms with van der Waals surface area (Å²) in [4.78, 5) is 0. The first-order chi connectivity index (χ1) is 11.9. The van der Waals surface area contributed by atoms with Gasteiger partial charge >= 0.3 is 0 Å². The Kier molecular flexibility index (Phi) is 4.07. The fraction of sp³-hybridized carbons (Fsp3) is 0. The highest BCUT2D eigenvalue weighted by Crippen LogP contribution is 2.51. The third-order valence-corrected chi connectivity index (χ3v) is 8.46. The van der Waals surface area contributed by atoms with Crippen LogP contribution in [0.5, 0.6) is 0 Å². The lowest BCUT2D eigenvalue weighted by Crippen LogP contribution is -2.21. The molecule has 4 rings (SSSR count). The Hall–Kier alpha value is -2.56. The lowest BCUT2D eigenvalue weighted by Gasteiger charge is -2.30. The van der Waals surface area contributed by atoms with Crippen molar-refractivity contribution < 1.29 is 0 Å². The molecule has 0 saturated carbocycles. The molecule has 3 aromatic rings. The molecule has 0 bridgehead atoms. The lowest BCUT2D eigenvalue weighted by atomic mass is 10.1. The standard InChI is InChI=1S/C23H19P/c1-4-12-20(13-5-1)23-18-10-11-19-24(23,21-14-6-2-7-15-21)22-16-8-3-9-17-22/h1-19H. The molecular formula is C23H19P. The minimum absolute atomic E-state index is 1.30. The second-order valence-electron chi connectivity index (χ2n) is 5.85.